The normalized spacial score (nSPS) is 18.7. The van der Waals surface area contributed by atoms with Crippen molar-refractivity contribution < 1.29 is 14.3 Å². The Balaban J connectivity index is 1.65. The van der Waals surface area contributed by atoms with E-state index in [-0.39, 0.29) is 11.9 Å². The van der Waals surface area contributed by atoms with E-state index >= 15 is 0 Å². The third-order valence-electron chi connectivity index (χ3n) is 5.54. The van der Waals surface area contributed by atoms with Crippen molar-refractivity contribution in [1.82, 2.24) is 4.90 Å². The average Bonchev–Trinajstić information content (AvgIpc) is 3.31. The molecule has 0 radical (unpaired) electrons. The lowest BCUT2D eigenvalue weighted by atomic mass is 9.92. The molecule has 4 nitrogen and oxygen atoms in total. The zero-order valence-electron chi connectivity index (χ0n) is 17.2. The first-order valence-electron chi connectivity index (χ1n) is 9.90. The summed E-state index contributed by atoms with van der Waals surface area (Å²) in [5.41, 5.74) is 1.47. The number of halogens is 1. The van der Waals surface area contributed by atoms with Crippen LogP contribution in [-0.4, -0.2) is 43.9 Å². The molecule has 1 aromatic carbocycles. The van der Waals surface area contributed by atoms with E-state index in [9.17, 15) is 4.79 Å². The Hall–Kier alpha value is -0.693. The molecule has 1 aliphatic carbocycles. The molecule has 0 bridgehead atoms. The van der Waals surface area contributed by atoms with Crippen LogP contribution >= 0.6 is 15.9 Å². The molecule has 1 heterocycles. The number of amides is 1. The van der Waals surface area contributed by atoms with E-state index in [0.717, 1.165) is 41.1 Å². The predicted octanol–water partition coefficient (Wildman–Crippen LogP) is 5.29. The second-order valence-corrected chi connectivity index (χ2v) is 16.0. The molecule has 1 aromatic rings. The third-order valence-corrected chi connectivity index (χ3v) is 7.91. The molecule has 27 heavy (non-hydrogen) atoms. The molecule has 1 amide bonds. The van der Waals surface area contributed by atoms with E-state index in [2.05, 4.69) is 55.5 Å². The van der Waals surface area contributed by atoms with Crippen molar-refractivity contribution in [3.8, 4) is 0 Å². The van der Waals surface area contributed by atoms with Crippen molar-refractivity contribution in [3.05, 3.63) is 33.8 Å². The average molecular weight is 454 g/mol. The van der Waals surface area contributed by atoms with Gasteiger partial charge in [-0.15, -0.1) is 0 Å². The van der Waals surface area contributed by atoms with E-state index in [1.165, 1.54) is 0 Å². The fraction of sp³-hybridized carbons (Fsp3) is 0.667. The molecular weight excluding hydrogens is 422 g/mol. The molecule has 0 unspecified atom stereocenters. The number of ether oxygens (including phenoxy) is 2. The molecule has 0 N–H and O–H groups in total. The Bertz CT molecular complexity index is 697. The maximum absolute atomic E-state index is 13.1. The number of benzene rings is 1. The van der Waals surface area contributed by atoms with Gasteiger partial charge in [-0.2, -0.15) is 0 Å². The predicted molar refractivity (Wildman–Crippen MR) is 115 cm³/mol. The van der Waals surface area contributed by atoms with E-state index in [4.69, 9.17) is 9.47 Å². The lowest BCUT2D eigenvalue weighted by Crippen LogP contribution is -2.52. The third kappa shape index (κ3) is 5.02. The van der Waals surface area contributed by atoms with Gasteiger partial charge in [-0.3, -0.25) is 4.79 Å². The van der Waals surface area contributed by atoms with E-state index in [0.29, 0.717) is 19.3 Å². The van der Waals surface area contributed by atoms with Crippen LogP contribution in [0.4, 0.5) is 0 Å². The van der Waals surface area contributed by atoms with Crippen LogP contribution < -0.4 is 0 Å². The molecule has 1 fully saturated rings. The Kier molecular flexibility index (Phi) is 6.21. The van der Waals surface area contributed by atoms with Gasteiger partial charge in [-0.1, -0.05) is 31.8 Å². The van der Waals surface area contributed by atoms with Crippen LogP contribution in [0.2, 0.25) is 25.7 Å². The van der Waals surface area contributed by atoms with Crippen molar-refractivity contribution in [1.29, 1.82) is 0 Å². The minimum atomic E-state index is -1.09. The summed E-state index contributed by atoms with van der Waals surface area (Å²) < 4.78 is 12.8. The van der Waals surface area contributed by atoms with E-state index < -0.39 is 13.7 Å². The summed E-state index contributed by atoms with van der Waals surface area (Å²) in [4.78, 5) is 15.2. The summed E-state index contributed by atoms with van der Waals surface area (Å²) in [6, 6.07) is 7.21. The second kappa shape index (κ2) is 7.97. The van der Waals surface area contributed by atoms with Gasteiger partial charge in [0.1, 0.15) is 6.79 Å². The number of hydrogen-bond acceptors (Lipinski definition) is 3. The summed E-state index contributed by atoms with van der Waals surface area (Å²) in [6.45, 7) is 12.9. The Morgan fingerprint density at radius 2 is 2.00 bits per heavy atom. The minimum absolute atomic E-state index is 0.0740. The van der Waals surface area contributed by atoms with Gasteiger partial charge < -0.3 is 14.4 Å². The zero-order valence-corrected chi connectivity index (χ0v) is 19.8. The number of hydrogen-bond donors (Lipinski definition) is 0. The Labute approximate surface area is 172 Å². The number of nitrogens with zero attached hydrogens (tertiary/aromatic N) is 1. The van der Waals surface area contributed by atoms with Gasteiger partial charge in [0.05, 0.1) is 17.2 Å². The van der Waals surface area contributed by atoms with Gasteiger partial charge in [-0.25, -0.2) is 0 Å². The second-order valence-electron chi connectivity index (χ2n) is 9.57. The molecule has 1 saturated carbocycles. The molecule has 2 aliphatic rings. The van der Waals surface area contributed by atoms with E-state index in [1.54, 1.807) is 0 Å². The molecule has 0 saturated heterocycles. The topological polar surface area (TPSA) is 38.8 Å². The van der Waals surface area contributed by atoms with Gasteiger partial charge in [0.25, 0.3) is 5.91 Å². The zero-order chi connectivity index (χ0) is 19.8. The van der Waals surface area contributed by atoms with Crippen molar-refractivity contribution in [2.75, 3.05) is 13.4 Å². The fourth-order valence-corrected chi connectivity index (χ4v) is 5.22. The highest BCUT2D eigenvalue weighted by atomic mass is 79.9. The summed E-state index contributed by atoms with van der Waals surface area (Å²) in [6.07, 6.45) is 2.32. The molecule has 6 heteroatoms. The number of carbonyl (C=O) groups is 1. The van der Waals surface area contributed by atoms with E-state index in [1.807, 2.05) is 17.0 Å². The van der Waals surface area contributed by atoms with Gasteiger partial charge in [0.15, 0.2) is 0 Å². The summed E-state index contributed by atoms with van der Waals surface area (Å²) in [7, 11) is -1.09. The summed E-state index contributed by atoms with van der Waals surface area (Å²) in [5, 5.41) is 0. The van der Waals surface area contributed by atoms with Crippen LogP contribution in [0.15, 0.2) is 22.7 Å². The molecule has 150 valence electrons. The van der Waals surface area contributed by atoms with Crippen molar-refractivity contribution in [2.24, 2.45) is 5.92 Å². The molecule has 3 rings (SSSR count). The van der Waals surface area contributed by atoms with Gasteiger partial charge >= 0.3 is 0 Å². The first-order valence-corrected chi connectivity index (χ1v) is 14.4. The van der Waals surface area contributed by atoms with Crippen molar-refractivity contribution >= 4 is 29.9 Å². The molecule has 1 atom stereocenters. The molecule has 1 aliphatic heterocycles. The number of fused-ring (bicyclic) bond motifs is 1. The minimum Gasteiger partial charge on any atom is -0.356 e. The standard InChI is InChI=1S/C21H32BrNO3Si/c1-21(2,26-14-25-11-12-27(3,4)5)19(15-9-10-15)23-13-16-7-6-8-17(22)18(16)20(23)24/h6-8,15,19H,9-14H2,1-5H3/t19-/m1/s1. The molecule has 0 spiro atoms. The summed E-state index contributed by atoms with van der Waals surface area (Å²) >= 11 is 3.55. The highest BCUT2D eigenvalue weighted by Gasteiger charge is 2.49. The first kappa shape index (κ1) is 21.0. The highest BCUT2D eigenvalue weighted by Crippen LogP contribution is 2.44. The lowest BCUT2D eigenvalue weighted by molar-refractivity contribution is -0.153. The molecule has 0 aromatic heterocycles. The summed E-state index contributed by atoms with van der Waals surface area (Å²) in [5.74, 6) is 0.629. The van der Waals surface area contributed by atoms with Crippen LogP contribution in [0.1, 0.15) is 42.6 Å². The SMILES string of the molecule is CC(C)(OCOCC[Si](C)(C)C)[C@@H](C1CC1)N1Cc2cccc(Br)c2C1=O. The van der Waals surface area contributed by atoms with Crippen LogP contribution in [0.3, 0.4) is 0 Å². The highest BCUT2D eigenvalue weighted by molar-refractivity contribution is 9.10. The Morgan fingerprint density at radius 3 is 2.59 bits per heavy atom. The number of carbonyl (C=O) groups excluding carboxylic acids is 1. The van der Waals surface area contributed by atoms with Crippen molar-refractivity contribution in [2.45, 2.75) is 70.6 Å². The smallest absolute Gasteiger partial charge is 0.256 e. The maximum Gasteiger partial charge on any atom is 0.256 e. The fourth-order valence-electron chi connectivity index (χ4n) is 3.89. The maximum atomic E-state index is 13.1. The largest absolute Gasteiger partial charge is 0.356 e. The van der Waals surface area contributed by atoms with Gasteiger partial charge in [0.2, 0.25) is 0 Å². The van der Waals surface area contributed by atoms with Crippen LogP contribution in [0, 0.1) is 5.92 Å². The van der Waals surface area contributed by atoms with Gasteiger partial charge in [0, 0.05) is 25.7 Å². The van der Waals surface area contributed by atoms with Crippen LogP contribution in [-0.2, 0) is 16.0 Å². The number of rotatable bonds is 9. The molecular formula is C21H32BrNO3Si. The lowest BCUT2D eigenvalue weighted by Gasteiger charge is -2.40. The van der Waals surface area contributed by atoms with Crippen LogP contribution in [0.25, 0.3) is 0 Å². The van der Waals surface area contributed by atoms with Gasteiger partial charge in [-0.05, 0) is 66.2 Å². The quantitative estimate of drug-likeness (QED) is 0.289. The monoisotopic (exact) mass is 453 g/mol. The Morgan fingerprint density at radius 1 is 1.30 bits per heavy atom. The first-order chi connectivity index (χ1) is 12.6. The van der Waals surface area contributed by atoms with Crippen LogP contribution in [0.5, 0.6) is 0 Å². The van der Waals surface area contributed by atoms with Crippen molar-refractivity contribution in [3.63, 3.8) is 0 Å².